The number of nitrogens with zero attached hydrogens (tertiary/aromatic N) is 1. The number of carbonyl (C=O) groups excluding carboxylic acids is 2. The van der Waals surface area contributed by atoms with Gasteiger partial charge in [-0.2, -0.15) is 0 Å². The van der Waals surface area contributed by atoms with Crippen molar-refractivity contribution in [2.24, 2.45) is 0 Å². The third-order valence-electron chi connectivity index (χ3n) is 3.79. The minimum absolute atomic E-state index is 0.141. The van der Waals surface area contributed by atoms with Crippen molar-refractivity contribution in [1.82, 2.24) is 10.2 Å². The van der Waals surface area contributed by atoms with E-state index in [0.717, 1.165) is 4.47 Å². The molecule has 2 aromatic rings. The molecule has 0 heterocycles. The Bertz CT molecular complexity index is 781. The fourth-order valence-corrected chi connectivity index (χ4v) is 2.61. The van der Waals surface area contributed by atoms with Gasteiger partial charge in [-0.25, -0.2) is 4.39 Å². The van der Waals surface area contributed by atoms with Gasteiger partial charge >= 0.3 is 0 Å². The molecule has 2 amide bonds. The quantitative estimate of drug-likeness (QED) is 0.743. The standard InChI is InChI=1S/C19H20BrFN2O3/c1-23(12-13-3-8-17(26-2)16(21)11-13)18(24)9-10-22-19(25)14-4-6-15(20)7-5-14/h3-8,11H,9-10,12H2,1-2H3,(H,22,25). The molecule has 5 nitrogen and oxygen atoms in total. The number of ether oxygens (including phenoxy) is 1. The Labute approximate surface area is 160 Å². The van der Waals surface area contributed by atoms with Crippen LogP contribution < -0.4 is 10.1 Å². The Hall–Kier alpha value is -2.41. The number of hydrogen-bond donors (Lipinski definition) is 1. The molecule has 0 aliphatic carbocycles. The lowest BCUT2D eigenvalue weighted by atomic mass is 10.2. The third kappa shape index (κ3) is 5.56. The number of benzene rings is 2. The van der Waals surface area contributed by atoms with Gasteiger partial charge in [0.05, 0.1) is 7.11 Å². The molecule has 0 fully saturated rings. The lowest BCUT2D eigenvalue weighted by molar-refractivity contribution is -0.130. The van der Waals surface area contributed by atoms with E-state index in [2.05, 4.69) is 21.2 Å². The molecule has 0 saturated heterocycles. The number of hydrogen-bond acceptors (Lipinski definition) is 3. The van der Waals surface area contributed by atoms with Crippen molar-refractivity contribution in [3.8, 4) is 5.75 Å². The number of halogens is 2. The Morgan fingerprint density at radius 3 is 2.50 bits per heavy atom. The Morgan fingerprint density at radius 1 is 1.19 bits per heavy atom. The summed E-state index contributed by atoms with van der Waals surface area (Å²) in [6.07, 6.45) is 0.164. The number of nitrogens with one attached hydrogen (secondary N) is 1. The molecule has 2 rings (SSSR count). The maximum atomic E-state index is 13.7. The van der Waals surface area contributed by atoms with Gasteiger partial charge in [0, 0.05) is 36.6 Å². The van der Waals surface area contributed by atoms with Gasteiger partial charge in [0.2, 0.25) is 5.91 Å². The van der Waals surface area contributed by atoms with Crippen molar-refractivity contribution >= 4 is 27.7 Å². The normalized spacial score (nSPS) is 10.3. The fraction of sp³-hybridized carbons (Fsp3) is 0.263. The molecule has 0 saturated carbocycles. The predicted molar refractivity (Wildman–Crippen MR) is 101 cm³/mol. The Morgan fingerprint density at radius 2 is 1.88 bits per heavy atom. The van der Waals surface area contributed by atoms with Crippen molar-refractivity contribution in [3.63, 3.8) is 0 Å². The van der Waals surface area contributed by atoms with Crippen LogP contribution in [0.25, 0.3) is 0 Å². The maximum Gasteiger partial charge on any atom is 0.251 e. The van der Waals surface area contributed by atoms with Crippen LogP contribution in [0.15, 0.2) is 46.9 Å². The van der Waals surface area contributed by atoms with Crippen molar-refractivity contribution in [2.75, 3.05) is 20.7 Å². The van der Waals surface area contributed by atoms with Crippen LogP contribution in [0.3, 0.4) is 0 Å². The zero-order chi connectivity index (χ0) is 19.1. The van der Waals surface area contributed by atoms with E-state index >= 15 is 0 Å². The molecule has 0 bridgehead atoms. The molecule has 0 atom stereocenters. The van der Waals surface area contributed by atoms with Gasteiger partial charge in [0.1, 0.15) is 0 Å². The number of carbonyl (C=O) groups is 2. The van der Waals surface area contributed by atoms with Gasteiger partial charge in [-0.1, -0.05) is 22.0 Å². The second kappa shape index (κ2) is 9.33. The van der Waals surface area contributed by atoms with Crippen molar-refractivity contribution < 1.29 is 18.7 Å². The van der Waals surface area contributed by atoms with Crippen LogP contribution >= 0.6 is 15.9 Å². The van der Waals surface area contributed by atoms with Gasteiger partial charge in [-0.3, -0.25) is 9.59 Å². The predicted octanol–water partition coefficient (Wildman–Crippen LogP) is 3.38. The van der Waals surface area contributed by atoms with E-state index in [4.69, 9.17) is 4.74 Å². The summed E-state index contributed by atoms with van der Waals surface area (Å²) < 4.78 is 19.5. The average Bonchev–Trinajstić information content (AvgIpc) is 2.62. The summed E-state index contributed by atoms with van der Waals surface area (Å²) in [6, 6.07) is 11.5. The van der Waals surface area contributed by atoms with E-state index in [9.17, 15) is 14.0 Å². The summed E-state index contributed by atoms with van der Waals surface area (Å²) in [5.74, 6) is -0.673. The van der Waals surface area contributed by atoms with E-state index < -0.39 is 5.82 Å². The highest BCUT2D eigenvalue weighted by Gasteiger charge is 2.12. The van der Waals surface area contributed by atoms with E-state index in [1.165, 1.54) is 24.1 Å². The molecule has 0 aliphatic heterocycles. The summed E-state index contributed by atoms with van der Waals surface area (Å²) in [7, 11) is 3.04. The SMILES string of the molecule is COc1ccc(CN(C)C(=O)CCNC(=O)c2ccc(Br)cc2)cc1F. The van der Waals surface area contributed by atoms with E-state index in [1.54, 1.807) is 37.4 Å². The minimum atomic E-state index is -0.465. The summed E-state index contributed by atoms with van der Waals surface area (Å²) in [6.45, 7) is 0.509. The highest BCUT2D eigenvalue weighted by Crippen LogP contribution is 2.18. The first-order valence-corrected chi connectivity index (χ1v) is 8.80. The maximum absolute atomic E-state index is 13.7. The number of rotatable bonds is 7. The van der Waals surface area contributed by atoms with Gasteiger partial charge < -0.3 is 15.0 Å². The second-order valence-electron chi connectivity index (χ2n) is 5.73. The lowest BCUT2D eigenvalue weighted by Gasteiger charge is -2.18. The van der Waals surface area contributed by atoms with Crippen LogP contribution in [-0.2, 0) is 11.3 Å². The smallest absolute Gasteiger partial charge is 0.251 e. The summed E-state index contributed by atoms with van der Waals surface area (Å²) in [5.41, 5.74) is 1.20. The molecule has 2 aromatic carbocycles. The van der Waals surface area contributed by atoms with Gasteiger partial charge in [0.25, 0.3) is 5.91 Å². The average molecular weight is 423 g/mol. The van der Waals surface area contributed by atoms with E-state index in [1.807, 2.05) is 0 Å². The molecule has 0 unspecified atom stereocenters. The molecule has 0 spiro atoms. The van der Waals surface area contributed by atoms with Crippen LogP contribution in [0.1, 0.15) is 22.3 Å². The number of methoxy groups -OCH3 is 1. The zero-order valence-electron chi connectivity index (χ0n) is 14.6. The topological polar surface area (TPSA) is 58.6 Å². The van der Waals surface area contributed by atoms with Gasteiger partial charge in [0.15, 0.2) is 11.6 Å². The molecule has 26 heavy (non-hydrogen) atoms. The first-order valence-electron chi connectivity index (χ1n) is 8.01. The van der Waals surface area contributed by atoms with Crippen LogP contribution in [0, 0.1) is 5.82 Å². The first-order chi connectivity index (χ1) is 12.4. The molecule has 138 valence electrons. The first kappa shape index (κ1) is 19.9. The van der Waals surface area contributed by atoms with Crippen molar-refractivity contribution in [2.45, 2.75) is 13.0 Å². The largest absolute Gasteiger partial charge is 0.494 e. The lowest BCUT2D eigenvalue weighted by Crippen LogP contribution is -2.31. The zero-order valence-corrected chi connectivity index (χ0v) is 16.2. The van der Waals surface area contributed by atoms with Crippen LogP contribution in [0.4, 0.5) is 4.39 Å². The molecule has 0 radical (unpaired) electrons. The Balaban J connectivity index is 1.80. The Kier molecular flexibility index (Phi) is 7.15. The highest BCUT2D eigenvalue weighted by molar-refractivity contribution is 9.10. The summed E-state index contributed by atoms with van der Waals surface area (Å²) in [4.78, 5) is 25.7. The van der Waals surface area contributed by atoms with Crippen molar-refractivity contribution in [1.29, 1.82) is 0 Å². The van der Waals surface area contributed by atoms with Crippen LogP contribution in [-0.4, -0.2) is 37.4 Å². The molecule has 0 aliphatic rings. The van der Waals surface area contributed by atoms with Crippen LogP contribution in [0.2, 0.25) is 0 Å². The van der Waals surface area contributed by atoms with Crippen LogP contribution in [0.5, 0.6) is 5.75 Å². The van der Waals surface area contributed by atoms with Gasteiger partial charge in [-0.05, 0) is 42.0 Å². The summed E-state index contributed by atoms with van der Waals surface area (Å²) in [5, 5.41) is 2.71. The third-order valence-corrected chi connectivity index (χ3v) is 4.32. The molecule has 0 aromatic heterocycles. The molecule has 7 heteroatoms. The summed E-state index contributed by atoms with van der Waals surface area (Å²) >= 11 is 3.31. The fourth-order valence-electron chi connectivity index (χ4n) is 2.35. The molecule has 1 N–H and O–H groups in total. The highest BCUT2D eigenvalue weighted by atomic mass is 79.9. The van der Waals surface area contributed by atoms with E-state index in [0.29, 0.717) is 11.1 Å². The van der Waals surface area contributed by atoms with E-state index in [-0.39, 0.29) is 37.1 Å². The minimum Gasteiger partial charge on any atom is -0.494 e. The molecular formula is C19H20BrFN2O3. The molecular weight excluding hydrogens is 403 g/mol. The van der Waals surface area contributed by atoms with Gasteiger partial charge in [-0.15, -0.1) is 0 Å². The monoisotopic (exact) mass is 422 g/mol. The second-order valence-corrected chi connectivity index (χ2v) is 6.65. The number of amides is 2. The van der Waals surface area contributed by atoms with Crippen molar-refractivity contribution in [3.05, 3.63) is 63.9 Å².